The molecule has 2 amide bonds. The minimum absolute atomic E-state index is 0.249. The maximum Gasteiger partial charge on any atom is 0.255 e. The molecule has 2 aromatic rings. The zero-order valence-electron chi connectivity index (χ0n) is 13.6. The van der Waals surface area contributed by atoms with Crippen LogP contribution in [0.2, 0.25) is 10.0 Å². The zero-order chi connectivity index (χ0) is 18.2. The Morgan fingerprint density at radius 1 is 1.00 bits per heavy atom. The number of amides is 2. The molecule has 0 saturated heterocycles. The first kappa shape index (κ1) is 19.2. The summed E-state index contributed by atoms with van der Waals surface area (Å²) in [7, 11) is 1.61. The number of para-hydroxylation sites is 1. The molecule has 0 fully saturated rings. The van der Waals surface area contributed by atoms with Crippen LogP contribution in [0.25, 0.3) is 0 Å². The van der Waals surface area contributed by atoms with E-state index in [0.717, 1.165) is 0 Å². The monoisotopic (exact) mass is 380 g/mol. The van der Waals surface area contributed by atoms with E-state index in [1.165, 1.54) is 6.07 Å². The van der Waals surface area contributed by atoms with Gasteiger partial charge < -0.3 is 15.4 Å². The van der Waals surface area contributed by atoms with Crippen LogP contribution in [0.5, 0.6) is 0 Å². The van der Waals surface area contributed by atoms with Gasteiger partial charge in [0.05, 0.1) is 15.7 Å². The van der Waals surface area contributed by atoms with E-state index in [1.807, 2.05) is 0 Å². The lowest BCUT2D eigenvalue weighted by Crippen LogP contribution is -2.25. The number of anilines is 1. The van der Waals surface area contributed by atoms with Crippen molar-refractivity contribution in [3.63, 3.8) is 0 Å². The van der Waals surface area contributed by atoms with Crippen molar-refractivity contribution in [3.8, 4) is 0 Å². The number of carbonyl (C=O) groups excluding carboxylic acids is 2. The summed E-state index contributed by atoms with van der Waals surface area (Å²) in [5, 5.41) is 6.13. The Hall–Kier alpha value is -2.08. The van der Waals surface area contributed by atoms with E-state index >= 15 is 0 Å². The van der Waals surface area contributed by atoms with Gasteiger partial charge in [0.15, 0.2) is 0 Å². The van der Waals surface area contributed by atoms with Gasteiger partial charge in [0.25, 0.3) is 11.8 Å². The highest BCUT2D eigenvalue weighted by molar-refractivity contribution is 6.40. The second-order valence-corrected chi connectivity index (χ2v) is 6.05. The third-order valence-electron chi connectivity index (χ3n) is 3.40. The molecular formula is C18H18Cl2N2O3. The van der Waals surface area contributed by atoms with Gasteiger partial charge in [-0.25, -0.2) is 0 Å². The second-order valence-electron chi connectivity index (χ2n) is 5.23. The molecule has 0 bridgehead atoms. The second kappa shape index (κ2) is 9.42. The third-order valence-corrected chi connectivity index (χ3v) is 4.03. The van der Waals surface area contributed by atoms with Gasteiger partial charge in [-0.3, -0.25) is 9.59 Å². The first-order valence-electron chi connectivity index (χ1n) is 7.65. The van der Waals surface area contributed by atoms with Crippen molar-refractivity contribution in [1.29, 1.82) is 0 Å². The van der Waals surface area contributed by atoms with Crippen LogP contribution in [-0.4, -0.2) is 32.1 Å². The molecular weight excluding hydrogens is 363 g/mol. The van der Waals surface area contributed by atoms with Crippen LogP contribution in [0.4, 0.5) is 5.69 Å². The number of hydrogen-bond donors (Lipinski definition) is 2. The standard InChI is InChI=1S/C18H18Cl2N2O3/c1-25-10-4-9-21-17(23)12-5-2-6-13(11-12)18(24)22-16-14(19)7-3-8-15(16)20/h2-3,5-8,11H,4,9-10H2,1H3,(H,21,23)(H,22,24). The maximum atomic E-state index is 12.4. The molecule has 5 nitrogen and oxygen atoms in total. The summed E-state index contributed by atoms with van der Waals surface area (Å²) in [6.45, 7) is 1.07. The Morgan fingerprint density at radius 3 is 2.24 bits per heavy atom. The Morgan fingerprint density at radius 2 is 1.60 bits per heavy atom. The highest BCUT2D eigenvalue weighted by atomic mass is 35.5. The summed E-state index contributed by atoms with van der Waals surface area (Å²) in [6.07, 6.45) is 0.716. The fraction of sp³-hybridized carbons (Fsp3) is 0.222. The fourth-order valence-electron chi connectivity index (χ4n) is 2.13. The van der Waals surface area contributed by atoms with E-state index < -0.39 is 5.91 Å². The predicted octanol–water partition coefficient (Wildman–Crippen LogP) is 4.01. The smallest absolute Gasteiger partial charge is 0.255 e. The predicted molar refractivity (Wildman–Crippen MR) is 99.7 cm³/mol. The van der Waals surface area contributed by atoms with E-state index in [4.69, 9.17) is 27.9 Å². The van der Waals surface area contributed by atoms with Crippen LogP contribution in [-0.2, 0) is 4.74 Å². The van der Waals surface area contributed by atoms with E-state index in [-0.39, 0.29) is 5.91 Å². The van der Waals surface area contributed by atoms with Crippen LogP contribution in [0.3, 0.4) is 0 Å². The molecule has 0 atom stereocenters. The van der Waals surface area contributed by atoms with E-state index in [9.17, 15) is 9.59 Å². The van der Waals surface area contributed by atoms with Gasteiger partial charge in [0.1, 0.15) is 0 Å². The fourth-order valence-corrected chi connectivity index (χ4v) is 2.62. The van der Waals surface area contributed by atoms with Crippen molar-refractivity contribution in [2.75, 3.05) is 25.6 Å². The molecule has 7 heteroatoms. The number of halogens is 2. The van der Waals surface area contributed by atoms with Crippen molar-refractivity contribution in [2.45, 2.75) is 6.42 Å². The van der Waals surface area contributed by atoms with Crippen LogP contribution < -0.4 is 10.6 Å². The minimum Gasteiger partial charge on any atom is -0.385 e. The van der Waals surface area contributed by atoms with Crippen molar-refractivity contribution in [2.24, 2.45) is 0 Å². The average Bonchev–Trinajstić information content (AvgIpc) is 2.61. The van der Waals surface area contributed by atoms with Crippen molar-refractivity contribution in [3.05, 3.63) is 63.6 Å². The maximum absolute atomic E-state index is 12.4. The number of hydrogen-bond acceptors (Lipinski definition) is 3. The van der Waals surface area contributed by atoms with Crippen molar-refractivity contribution < 1.29 is 14.3 Å². The number of methoxy groups -OCH3 is 1. The number of nitrogens with one attached hydrogen (secondary N) is 2. The topological polar surface area (TPSA) is 67.4 Å². The van der Waals surface area contributed by atoms with Gasteiger partial charge in [-0.1, -0.05) is 35.3 Å². The Labute approximate surface area is 156 Å². The van der Waals surface area contributed by atoms with Gasteiger partial charge in [0, 0.05) is 31.4 Å². The van der Waals surface area contributed by atoms with Crippen molar-refractivity contribution >= 4 is 40.7 Å². The Balaban J connectivity index is 2.07. The molecule has 132 valence electrons. The molecule has 0 spiro atoms. The van der Waals surface area contributed by atoms with Gasteiger partial charge in [-0.15, -0.1) is 0 Å². The molecule has 0 aliphatic carbocycles. The summed E-state index contributed by atoms with van der Waals surface area (Å²) in [4.78, 5) is 24.5. The highest BCUT2D eigenvalue weighted by Crippen LogP contribution is 2.30. The van der Waals surface area contributed by atoms with Crippen LogP contribution in [0.15, 0.2) is 42.5 Å². The molecule has 2 rings (SSSR count). The molecule has 2 aromatic carbocycles. The summed E-state index contributed by atoms with van der Waals surface area (Å²) in [5.41, 5.74) is 1.07. The Kier molecular flexibility index (Phi) is 7.25. The normalized spacial score (nSPS) is 10.4. The molecule has 0 aliphatic rings. The third kappa shape index (κ3) is 5.46. The SMILES string of the molecule is COCCCNC(=O)c1cccc(C(=O)Nc2c(Cl)cccc2Cl)c1. The number of ether oxygens (including phenoxy) is 1. The first-order valence-corrected chi connectivity index (χ1v) is 8.41. The summed E-state index contributed by atoms with van der Waals surface area (Å²) >= 11 is 12.1. The molecule has 0 heterocycles. The summed E-state index contributed by atoms with van der Waals surface area (Å²) in [5.74, 6) is -0.648. The Bertz CT molecular complexity index is 745. The summed E-state index contributed by atoms with van der Waals surface area (Å²) in [6, 6.07) is 11.4. The van der Waals surface area contributed by atoms with Crippen LogP contribution in [0, 0.1) is 0 Å². The molecule has 0 aromatic heterocycles. The highest BCUT2D eigenvalue weighted by Gasteiger charge is 2.13. The van der Waals surface area contributed by atoms with Crippen molar-refractivity contribution in [1.82, 2.24) is 5.32 Å². The largest absolute Gasteiger partial charge is 0.385 e. The average molecular weight is 381 g/mol. The minimum atomic E-state index is -0.399. The quantitative estimate of drug-likeness (QED) is 0.712. The number of carbonyl (C=O) groups is 2. The lowest BCUT2D eigenvalue weighted by atomic mass is 10.1. The zero-order valence-corrected chi connectivity index (χ0v) is 15.2. The number of rotatable bonds is 7. The van der Waals surface area contributed by atoms with E-state index in [1.54, 1.807) is 43.5 Å². The van der Waals surface area contributed by atoms with Gasteiger partial charge >= 0.3 is 0 Å². The molecule has 25 heavy (non-hydrogen) atoms. The molecule has 0 unspecified atom stereocenters. The first-order chi connectivity index (χ1) is 12.0. The molecule has 0 saturated carbocycles. The molecule has 2 N–H and O–H groups in total. The molecule has 0 radical (unpaired) electrons. The van der Waals surface area contributed by atoms with Gasteiger partial charge in [-0.05, 0) is 36.8 Å². The van der Waals surface area contributed by atoms with Crippen LogP contribution in [0.1, 0.15) is 27.1 Å². The lowest BCUT2D eigenvalue weighted by Gasteiger charge is -2.10. The van der Waals surface area contributed by atoms with E-state index in [0.29, 0.717) is 46.4 Å². The number of benzene rings is 2. The molecule has 0 aliphatic heterocycles. The van der Waals surface area contributed by atoms with Gasteiger partial charge in [0.2, 0.25) is 0 Å². The lowest BCUT2D eigenvalue weighted by molar-refractivity contribution is 0.0948. The van der Waals surface area contributed by atoms with Crippen LogP contribution >= 0.6 is 23.2 Å². The van der Waals surface area contributed by atoms with E-state index in [2.05, 4.69) is 10.6 Å². The van der Waals surface area contributed by atoms with Gasteiger partial charge in [-0.2, -0.15) is 0 Å². The summed E-state index contributed by atoms with van der Waals surface area (Å²) < 4.78 is 4.93.